The first-order valence-corrected chi connectivity index (χ1v) is 23.6. The Labute approximate surface area is 321 Å². The topological polar surface area (TPSA) is 92.0 Å². The molecule has 2 heterocycles. The summed E-state index contributed by atoms with van der Waals surface area (Å²) >= 11 is 14.0. The van der Waals surface area contributed by atoms with Gasteiger partial charge in [0.05, 0.1) is 12.2 Å². The maximum absolute atomic E-state index is 10.4. The van der Waals surface area contributed by atoms with Gasteiger partial charge in [0.15, 0.2) is 17.4 Å². The van der Waals surface area contributed by atoms with Crippen LogP contribution in [0.5, 0.6) is 0 Å². The quantitative estimate of drug-likeness (QED) is 0.0331. The molecule has 0 bridgehead atoms. The van der Waals surface area contributed by atoms with E-state index in [0.717, 1.165) is 34.4 Å². The Morgan fingerprint density at radius 2 is 0.750 bits per heavy atom. The molecule has 0 saturated heterocycles. The third-order valence-corrected chi connectivity index (χ3v) is 13.1. The fourth-order valence-electron chi connectivity index (χ4n) is 5.47. The van der Waals surface area contributed by atoms with Crippen molar-refractivity contribution in [1.82, 2.24) is 20.4 Å². The number of unbranched alkanes of at least 4 members (excludes halogenated alkanes) is 22. The van der Waals surface area contributed by atoms with Gasteiger partial charge in [-0.3, -0.25) is 0 Å². The molecule has 2 atom stereocenters. The van der Waals surface area contributed by atoms with Crippen molar-refractivity contribution in [1.29, 1.82) is 0 Å². The Kier molecular flexibility index (Phi) is 33.4. The first kappa shape index (κ1) is 46.5. The molecule has 2 aromatic rings. The summed E-state index contributed by atoms with van der Waals surface area (Å²) in [5.41, 5.74) is 0. The standard InChI is InChI=1S/C34H66N2O2S3.C2H2N2S3/c1-3-5-7-9-11-13-15-17-19-21-23-25-27-31(37)29-39-33-35-36-34(41-33)40-30-32(38)28-26-24-22-20-18-16-14-12-10-8-6-4-2;5-1-3-4-2(6)7-1/h31-32,37-38H,3-30H2,1-2H3;(H,3,5)(H,4,6). The molecule has 0 radical (unpaired) electrons. The minimum Gasteiger partial charge on any atom is -0.392 e. The molecule has 0 fully saturated rings. The van der Waals surface area contributed by atoms with Crippen molar-refractivity contribution in [2.45, 2.75) is 210 Å². The number of rotatable bonds is 32. The molecular weight excluding hydrogens is 713 g/mol. The van der Waals surface area contributed by atoms with Crippen molar-refractivity contribution in [3.63, 3.8) is 0 Å². The normalized spacial score (nSPS) is 12.6. The smallest absolute Gasteiger partial charge is 0.175 e. The fraction of sp³-hybridized carbons (Fsp3) is 0.889. The van der Waals surface area contributed by atoms with Crippen molar-refractivity contribution in [2.75, 3.05) is 11.5 Å². The minimum absolute atomic E-state index is 0.263. The van der Waals surface area contributed by atoms with Gasteiger partial charge in [-0.15, -0.1) is 45.7 Å². The molecule has 12 heteroatoms. The molecule has 0 saturated carbocycles. The second-order valence-electron chi connectivity index (χ2n) is 13.0. The van der Waals surface area contributed by atoms with E-state index in [0.29, 0.717) is 20.2 Å². The van der Waals surface area contributed by atoms with Gasteiger partial charge in [0, 0.05) is 11.5 Å². The Morgan fingerprint density at radius 3 is 1.02 bits per heavy atom. The summed E-state index contributed by atoms with van der Waals surface area (Å²) in [7, 11) is 0. The third kappa shape index (κ3) is 30.1. The highest BCUT2D eigenvalue weighted by atomic mass is 32.2. The predicted octanol–water partition coefficient (Wildman–Crippen LogP) is 12.7. The van der Waals surface area contributed by atoms with Gasteiger partial charge in [-0.1, -0.05) is 214 Å². The molecule has 2 N–H and O–H groups in total. The Balaban J connectivity index is 0.00000145. The van der Waals surface area contributed by atoms with E-state index in [-0.39, 0.29) is 12.2 Å². The molecule has 2 aromatic heterocycles. The number of thioether (sulfide) groups is 2. The average Bonchev–Trinajstić information content (AvgIpc) is 3.71. The van der Waals surface area contributed by atoms with Gasteiger partial charge in [0.1, 0.15) is 0 Å². The van der Waals surface area contributed by atoms with Crippen molar-refractivity contribution in [2.24, 2.45) is 0 Å². The summed E-state index contributed by atoms with van der Waals surface area (Å²) in [4.78, 5) is 0. The maximum Gasteiger partial charge on any atom is 0.175 e. The van der Waals surface area contributed by atoms with Crippen molar-refractivity contribution < 1.29 is 10.2 Å². The van der Waals surface area contributed by atoms with Crippen LogP contribution in [-0.4, -0.2) is 54.3 Å². The zero-order chi connectivity index (χ0) is 34.9. The molecule has 280 valence electrons. The molecule has 0 aliphatic heterocycles. The lowest BCUT2D eigenvalue weighted by molar-refractivity contribution is 0.184. The van der Waals surface area contributed by atoms with Gasteiger partial charge < -0.3 is 10.2 Å². The lowest BCUT2D eigenvalue weighted by atomic mass is 10.0. The van der Waals surface area contributed by atoms with E-state index in [1.54, 1.807) is 34.9 Å². The number of hydrogen-bond acceptors (Lipinski definition) is 12. The molecule has 0 aliphatic carbocycles. The van der Waals surface area contributed by atoms with Crippen LogP contribution >= 0.6 is 71.5 Å². The molecule has 0 aliphatic rings. The van der Waals surface area contributed by atoms with Crippen LogP contribution < -0.4 is 0 Å². The van der Waals surface area contributed by atoms with E-state index in [1.165, 1.54) is 153 Å². The van der Waals surface area contributed by atoms with Crippen LogP contribution in [0.1, 0.15) is 181 Å². The Bertz CT molecular complexity index is 882. The van der Waals surface area contributed by atoms with Crippen LogP contribution in [0.4, 0.5) is 0 Å². The summed E-state index contributed by atoms with van der Waals surface area (Å²) in [6.45, 7) is 4.56. The summed E-state index contributed by atoms with van der Waals surface area (Å²) < 4.78 is 3.17. The van der Waals surface area contributed by atoms with E-state index in [1.807, 2.05) is 0 Å². The molecule has 2 rings (SSSR count). The van der Waals surface area contributed by atoms with Crippen LogP contribution in [0.2, 0.25) is 0 Å². The largest absolute Gasteiger partial charge is 0.392 e. The zero-order valence-electron chi connectivity index (χ0n) is 30.2. The molecule has 48 heavy (non-hydrogen) atoms. The molecule has 0 amide bonds. The molecule has 0 spiro atoms. The van der Waals surface area contributed by atoms with Crippen LogP contribution in [0, 0.1) is 0 Å². The first-order chi connectivity index (χ1) is 23.4. The average molecular weight is 781 g/mol. The third-order valence-electron chi connectivity index (χ3n) is 8.37. The van der Waals surface area contributed by atoms with E-state index < -0.39 is 0 Å². The summed E-state index contributed by atoms with van der Waals surface area (Å²) in [5, 5.41) is 36.4. The maximum atomic E-state index is 10.4. The molecule has 0 aromatic carbocycles. The number of thiol groups is 2. The summed E-state index contributed by atoms with van der Waals surface area (Å²) in [6, 6.07) is 0. The van der Waals surface area contributed by atoms with E-state index in [9.17, 15) is 10.2 Å². The highest BCUT2D eigenvalue weighted by molar-refractivity contribution is 8.03. The Hall–Kier alpha value is 0.440. The second kappa shape index (κ2) is 34.5. The first-order valence-electron chi connectivity index (χ1n) is 19.1. The lowest BCUT2D eigenvalue weighted by Gasteiger charge is -2.09. The van der Waals surface area contributed by atoms with Crippen molar-refractivity contribution in [3.8, 4) is 0 Å². The van der Waals surface area contributed by atoms with Crippen LogP contribution in [-0.2, 0) is 0 Å². The number of aromatic nitrogens is 4. The minimum atomic E-state index is -0.263. The van der Waals surface area contributed by atoms with Gasteiger partial charge in [0.2, 0.25) is 0 Å². The van der Waals surface area contributed by atoms with E-state index in [4.69, 9.17) is 0 Å². The lowest BCUT2D eigenvalue weighted by Crippen LogP contribution is -2.09. The van der Waals surface area contributed by atoms with E-state index in [2.05, 4.69) is 59.5 Å². The SMILES string of the molecule is CCCCCCCCCCCCCCC(O)CSc1nnc(SCC(O)CCCCCCCCCCCCCC)s1.Sc1nnc(S)s1. The second-order valence-corrected chi connectivity index (χ2v) is 18.9. The van der Waals surface area contributed by atoms with Gasteiger partial charge in [0.25, 0.3) is 0 Å². The van der Waals surface area contributed by atoms with E-state index >= 15 is 0 Å². The summed E-state index contributed by atoms with van der Waals surface area (Å²) in [5.74, 6) is 1.39. The number of nitrogens with zero attached hydrogens (tertiary/aromatic N) is 4. The van der Waals surface area contributed by atoms with Gasteiger partial charge in [-0.25, -0.2) is 0 Å². The fourth-order valence-corrected chi connectivity index (χ4v) is 9.64. The summed E-state index contributed by atoms with van der Waals surface area (Å²) in [6.07, 6.45) is 33.6. The van der Waals surface area contributed by atoms with Gasteiger partial charge in [-0.2, -0.15) is 0 Å². The zero-order valence-corrected chi connectivity index (χ0v) is 35.2. The monoisotopic (exact) mass is 780 g/mol. The molecule has 6 nitrogen and oxygen atoms in total. The van der Waals surface area contributed by atoms with Gasteiger partial charge in [-0.05, 0) is 12.8 Å². The van der Waals surface area contributed by atoms with Crippen LogP contribution in [0.25, 0.3) is 0 Å². The molecular formula is C36H68N4O2S6. The Morgan fingerprint density at radius 1 is 0.458 bits per heavy atom. The van der Waals surface area contributed by atoms with Crippen LogP contribution in [0.3, 0.4) is 0 Å². The molecule has 2 unspecified atom stereocenters. The highest BCUT2D eigenvalue weighted by Crippen LogP contribution is 2.30. The van der Waals surface area contributed by atoms with Gasteiger partial charge >= 0.3 is 0 Å². The number of aliphatic hydroxyl groups excluding tert-OH is 2. The van der Waals surface area contributed by atoms with Crippen molar-refractivity contribution >= 4 is 71.5 Å². The highest BCUT2D eigenvalue weighted by Gasteiger charge is 2.12. The van der Waals surface area contributed by atoms with Crippen LogP contribution in [0.15, 0.2) is 17.4 Å². The van der Waals surface area contributed by atoms with Crippen molar-refractivity contribution in [3.05, 3.63) is 0 Å². The predicted molar refractivity (Wildman–Crippen MR) is 219 cm³/mol. The number of aliphatic hydroxyl groups is 2. The number of hydrogen-bond donors (Lipinski definition) is 4.